The van der Waals surface area contributed by atoms with Gasteiger partial charge in [0.25, 0.3) is 0 Å². The molecule has 1 rings (SSSR count). The van der Waals surface area contributed by atoms with Crippen molar-refractivity contribution in [3.63, 3.8) is 0 Å². The third-order valence-corrected chi connectivity index (χ3v) is 2.42. The number of hydrogen-bond donors (Lipinski definition) is 1. The SMILES string of the molecule is Cc1ccc(NC(=O)OC(C)(C)C)c(Br)c1. The summed E-state index contributed by atoms with van der Waals surface area (Å²) in [5.41, 5.74) is 1.35. The summed E-state index contributed by atoms with van der Waals surface area (Å²) in [6, 6.07) is 5.70. The fraction of sp³-hybridized carbons (Fsp3) is 0.417. The summed E-state index contributed by atoms with van der Waals surface area (Å²) in [5.74, 6) is 0. The lowest BCUT2D eigenvalue weighted by atomic mass is 10.2. The predicted molar refractivity (Wildman–Crippen MR) is 68.7 cm³/mol. The largest absolute Gasteiger partial charge is 0.444 e. The van der Waals surface area contributed by atoms with Crippen LogP contribution in [-0.4, -0.2) is 11.7 Å². The maximum atomic E-state index is 11.5. The van der Waals surface area contributed by atoms with E-state index in [1.165, 1.54) is 0 Å². The number of halogens is 1. The van der Waals surface area contributed by atoms with Gasteiger partial charge in [0.1, 0.15) is 5.60 Å². The molecule has 1 aromatic rings. The number of carbonyl (C=O) groups excluding carboxylic acids is 1. The first kappa shape index (κ1) is 13.0. The average Bonchev–Trinajstić information content (AvgIpc) is 2.06. The molecule has 0 fully saturated rings. The maximum Gasteiger partial charge on any atom is 0.412 e. The van der Waals surface area contributed by atoms with Crippen LogP contribution in [0.1, 0.15) is 26.3 Å². The molecule has 3 nitrogen and oxygen atoms in total. The summed E-state index contributed by atoms with van der Waals surface area (Å²) in [5, 5.41) is 2.69. The fourth-order valence-electron chi connectivity index (χ4n) is 1.14. The Balaban J connectivity index is 2.70. The molecule has 0 spiro atoms. The Hall–Kier alpha value is -1.03. The monoisotopic (exact) mass is 285 g/mol. The second-order valence-electron chi connectivity index (χ2n) is 4.61. The van der Waals surface area contributed by atoms with Gasteiger partial charge in [0.2, 0.25) is 0 Å². The van der Waals surface area contributed by atoms with Crippen LogP contribution in [0.5, 0.6) is 0 Å². The van der Waals surface area contributed by atoms with Crippen LogP contribution in [0.4, 0.5) is 10.5 Å². The van der Waals surface area contributed by atoms with Crippen LogP contribution in [0, 0.1) is 6.92 Å². The number of hydrogen-bond acceptors (Lipinski definition) is 2. The van der Waals surface area contributed by atoms with Gasteiger partial charge in [-0.25, -0.2) is 4.79 Å². The maximum absolute atomic E-state index is 11.5. The molecule has 0 heterocycles. The van der Waals surface area contributed by atoms with E-state index in [1.54, 1.807) is 0 Å². The molecule has 4 heteroatoms. The fourth-order valence-corrected chi connectivity index (χ4v) is 1.73. The van der Waals surface area contributed by atoms with Gasteiger partial charge in [-0.3, -0.25) is 5.32 Å². The van der Waals surface area contributed by atoms with Gasteiger partial charge in [0, 0.05) is 4.47 Å². The van der Waals surface area contributed by atoms with Crippen LogP contribution in [-0.2, 0) is 4.74 Å². The normalized spacial score (nSPS) is 11.1. The number of carbonyl (C=O) groups is 1. The number of ether oxygens (including phenoxy) is 1. The Bertz CT molecular complexity index is 396. The van der Waals surface area contributed by atoms with Gasteiger partial charge in [-0.05, 0) is 61.3 Å². The van der Waals surface area contributed by atoms with Crippen LogP contribution in [0.15, 0.2) is 22.7 Å². The third-order valence-electron chi connectivity index (χ3n) is 1.76. The van der Waals surface area contributed by atoms with Gasteiger partial charge in [0.05, 0.1) is 5.69 Å². The Morgan fingerprint density at radius 2 is 2.00 bits per heavy atom. The second-order valence-corrected chi connectivity index (χ2v) is 5.46. The molecule has 88 valence electrons. The van der Waals surface area contributed by atoms with Crippen LogP contribution in [0.3, 0.4) is 0 Å². The number of aryl methyl sites for hydroxylation is 1. The standard InChI is InChI=1S/C12H16BrNO2/c1-8-5-6-10(9(13)7-8)14-11(15)16-12(2,3)4/h5-7H,1-4H3,(H,14,15). The van der Waals surface area contributed by atoms with Crippen molar-refractivity contribution >= 4 is 27.7 Å². The summed E-state index contributed by atoms with van der Waals surface area (Å²) < 4.78 is 6.00. The van der Waals surface area contributed by atoms with Gasteiger partial charge in [-0.1, -0.05) is 6.07 Å². The van der Waals surface area contributed by atoms with Crippen LogP contribution >= 0.6 is 15.9 Å². The van der Waals surface area contributed by atoms with Crippen molar-refractivity contribution in [3.05, 3.63) is 28.2 Å². The summed E-state index contributed by atoms with van der Waals surface area (Å²) in [4.78, 5) is 11.5. The van der Waals surface area contributed by atoms with Crippen LogP contribution in [0.2, 0.25) is 0 Å². The molecule has 0 bridgehead atoms. The Kier molecular flexibility index (Phi) is 3.97. The molecule has 0 aromatic heterocycles. The summed E-state index contributed by atoms with van der Waals surface area (Å²) in [7, 11) is 0. The van der Waals surface area contributed by atoms with Crippen molar-refractivity contribution in [2.45, 2.75) is 33.3 Å². The second kappa shape index (κ2) is 4.87. The summed E-state index contributed by atoms with van der Waals surface area (Å²) in [6.45, 7) is 7.48. The first-order chi connectivity index (χ1) is 7.28. The smallest absolute Gasteiger partial charge is 0.412 e. The van der Waals surface area contributed by atoms with Crippen molar-refractivity contribution in [1.82, 2.24) is 0 Å². The van der Waals surface area contributed by atoms with Gasteiger partial charge < -0.3 is 4.74 Å². The molecule has 1 amide bonds. The molecule has 0 aliphatic rings. The van der Waals surface area contributed by atoms with Crippen LogP contribution in [0.25, 0.3) is 0 Å². The van der Waals surface area contributed by atoms with E-state index in [4.69, 9.17) is 4.74 Å². The minimum Gasteiger partial charge on any atom is -0.444 e. The predicted octanol–water partition coefficient (Wildman–Crippen LogP) is 4.10. The van der Waals surface area contributed by atoms with E-state index < -0.39 is 11.7 Å². The lowest BCUT2D eigenvalue weighted by molar-refractivity contribution is 0.0636. The van der Waals surface area contributed by atoms with Gasteiger partial charge in [-0.15, -0.1) is 0 Å². The third kappa shape index (κ3) is 4.23. The van der Waals surface area contributed by atoms with E-state index in [-0.39, 0.29) is 0 Å². The highest BCUT2D eigenvalue weighted by molar-refractivity contribution is 9.10. The van der Waals surface area contributed by atoms with Crippen molar-refractivity contribution in [3.8, 4) is 0 Å². The average molecular weight is 286 g/mol. The number of benzene rings is 1. The molecule has 1 aromatic carbocycles. The molecular formula is C12H16BrNO2. The van der Waals surface area contributed by atoms with Gasteiger partial charge >= 0.3 is 6.09 Å². The highest BCUT2D eigenvalue weighted by Crippen LogP contribution is 2.23. The van der Waals surface area contributed by atoms with Gasteiger partial charge in [-0.2, -0.15) is 0 Å². The zero-order valence-corrected chi connectivity index (χ0v) is 11.5. The highest BCUT2D eigenvalue weighted by Gasteiger charge is 2.16. The molecule has 0 atom stereocenters. The first-order valence-electron chi connectivity index (χ1n) is 5.04. The minimum atomic E-state index is -0.485. The van der Waals surface area contributed by atoms with Crippen molar-refractivity contribution < 1.29 is 9.53 Å². The number of anilines is 1. The van der Waals surface area contributed by atoms with E-state index in [0.717, 1.165) is 10.0 Å². The van der Waals surface area contributed by atoms with E-state index in [2.05, 4.69) is 21.2 Å². The Morgan fingerprint density at radius 3 is 2.50 bits per heavy atom. The van der Waals surface area contributed by atoms with Crippen LogP contribution < -0.4 is 5.32 Å². The van der Waals surface area contributed by atoms with Crippen molar-refractivity contribution in [2.24, 2.45) is 0 Å². The van der Waals surface area contributed by atoms with Gasteiger partial charge in [0.15, 0.2) is 0 Å². The van der Waals surface area contributed by atoms with Crippen molar-refractivity contribution in [2.75, 3.05) is 5.32 Å². The van der Waals surface area contributed by atoms with E-state index in [1.807, 2.05) is 45.9 Å². The number of nitrogens with one attached hydrogen (secondary N) is 1. The topological polar surface area (TPSA) is 38.3 Å². The first-order valence-corrected chi connectivity index (χ1v) is 5.83. The van der Waals surface area contributed by atoms with E-state index >= 15 is 0 Å². The Morgan fingerprint density at radius 1 is 1.38 bits per heavy atom. The molecule has 0 unspecified atom stereocenters. The summed E-state index contributed by atoms with van der Waals surface area (Å²) >= 11 is 3.38. The zero-order valence-electron chi connectivity index (χ0n) is 9.93. The van der Waals surface area contributed by atoms with E-state index in [0.29, 0.717) is 5.69 Å². The Labute approximate surface area is 104 Å². The number of rotatable bonds is 1. The molecule has 1 N–H and O–H groups in total. The molecule has 0 aliphatic carbocycles. The number of amides is 1. The zero-order chi connectivity index (χ0) is 12.3. The summed E-state index contributed by atoms with van der Waals surface area (Å²) in [6.07, 6.45) is -0.447. The van der Waals surface area contributed by atoms with Crippen molar-refractivity contribution in [1.29, 1.82) is 0 Å². The molecule has 0 aliphatic heterocycles. The van der Waals surface area contributed by atoms with E-state index in [9.17, 15) is 4.79 Å². The molecule has 0 saturated heterocycles. The quantitative estimate of drug-likeness (QED) is 0.843. The molecular weight excluding hydrogens is 270 g/mol. The minimum absolute atomic E-state index is 0.447. The molecule has 0 radical (unpaired) electrons. The molecule has 0 saturated carbocycles. The lowest BCUT2D eigenvalue weighted by Crippen LogP contribution is -2.27. The lowest BCUT2D eigenvalue weighted by Gasteiger charge is -2.20. The highest BCUT2D eigenvalue weighted by atomic mass is 79.9. The molecule has 16 heavy (non-hydrogen) atoms.